The fraction of sp³-hybridized carbons (Fsp3) is 0.742. The van der Waals surface area contributed by atoms with Crippen LogP contribution in [0, 0.1) is 16.7 Å². The Kier molecular flexibility index (Phi) is 8.56. The van der Waals surface area contributed by atoms with E-state index in [9.17, 15) is 39.6 Å². The Labute approximate surface area is 251 Å². The van der Waals surface area contributed by atoms with Crippen molar-refractivity contribution in [3.05, 3.63) is 22.8 Å². The normalized spacial score (nSPS) is 39.4. The molecule has 0 aromatic heterocycles. The summed E-state index contributed by atoms with van der Waals surface area (Å²) in [4.78, 5) is 51.9. The summed E-state index contributed by atoms with van der Waals surface area (Å²) in [6.07, 6.45) is -5.26. The maximum absolute atomic E-state index is 14.2. The Balaban J connectivity index is 1.86. The number of nitrogens with one attached hydrogen (secondary N) is 1. The summed E-state index contributed by atoms with van der Waals surface area (Å²) in [5, 5.41) is 49.7. The van der Waals surface area contributed by atoms with Crippen LogP contribution in [0.2, 0.25) is 0 Å². The number of aliphatic hydroxyl groups excluding tert-OH is 2. The zero-order valence-electron chi connectivity index (χ0n) is 26.1. The summed E-state index contributed by atoms with van der Waals surface area (Å²) in [5.74, 6) is -4.13. The number of carbonyl (C=O) groups excluding carboxylic acids is 4. The number of carbonyl (C=O) groups is 4. The zero-order valence-corrected chi connectivity index (χ0v) is 26.1. The van der Waals surface area contributed by atoms with Crippen molar-refractivity contribution >= 4 is 23.6 Å². The predicted molar refractivity (Wildman–Crippen MR) is 151 cm³/mol. The number of hydrogen-bond acceptors (Lipinski definition) is 11. The topological polar surface area (TPSA) is 189 Å². The second kappa shape index (κ2) is 11.1. The van der Waals surface area contributed by atoms with Gasteiger partial charge in [0.1, 0.15) is 29.5 Å². The number of Topliss-reactive ketones (excluding diaryl/α,β-unsaturated/α-hetero) is 1. The third-order valence-corrected chi connectivity index (χ3v) is 10.3. The molecule has 240 valence electrons. The second-order valence-corrected chi connectivity index (χ2v) is 13.7. The Morgan fingerprint density at radius 3 is 2.23 bits per heavy atom. The molecule has 4 aliphatic rings. The third-order valence-electron chi connectivity index (χ3n) is 10.3. The maximum Gasteiger partial charge on any atom is 0.338 e. The van der Waals surface area contributed by atoms with Crippen molar-refractivity contribution in [1.29, 1.82) is 0 Å². The molecule has 12 nitrogen and oxygen atoms in total. The van der Waals surface area contributed by atoms with E-state index in [0.717, 1.165) is 12.5 Å². The first-order chi connectivity index (χ1) is 19.7. The van der Waals surface area contributed by atoms with Gasteiger partial charge in [0, 0.05) is 37.0 Å². The van der Waals surface area contributed by atoms with E-state index in [1.54, 1.807) is 41.5 Å². The van der Waals surface area contributed by atoms with Crippen molar-refractivity contribution in [3.8, 4) is 0 Å². The molecule has 2 bridgehead atoms. The molecule has 2 saturated carbocycles. The van der Waals surface area contributed by atoms with E-state index < -0.39 is 88.1 Å². The maximum atomic E-state index is 14.2. The molecule has 1 amide bonds. The molecule has 12 heteroatoms. The highest BCUT2D eigenvalue weighted by Crippen LogP contribution is 2.63. The van der Waals surface area contributed by atoms with Crippen LogP contribution in [0.4, 0.5) is 0 Å². The van der Waals surface area contributed by atoms with Gasteiger partial charge in [-0.05, 0) is 44.8 Å². The van der Waals surface area contributed by atoms with Crippen molar-refractivity contribution in [3.63, 3.8) is 0 Å². The smallest absolute Gasteiger partial charge is 0.338 e. The molecule has 10 atom stereocenters. The van der Waals surface area contributed by atoms with E-state index in [-0.39, 0.29) is 25.0 Å². The number of rotatable bonds is 6. The minimum atomic E-state index is -2.07. The molecular weight excluding hydrogens is 562 g/mol. The number of fused-ring (bicyclic) bond motifs is 5. The minimum Gasteiger partial charge on any atom is -0.459 e. The van der Waals surface area contributed by atoms with E-state index in [0.29, 0.717) is 12.0 Å². The molecule has 5 N–H and O–H groups in total. The monoisotopic (exact) mass is 607 g/mol. The summed E-state index contributed by atoms with van der Waals surface area (Å²) >= 11 is 0. The van der Waals surface area contributed by atoms with Gasteiger partial charge < -0.3 is 40.0 Å². The fourth-order valence-electron chi connectivity index (χ4n) is 7.98. The van der Waals surface area contributed by atoms with Crippen LogP contribution in [-0.2, 0) is 33.4 Å². The number of esters is 2. The molecule has 1 heterocycles. The summed E-state index contributed by atoms with van der Waals surface area (Å²) in [7, 11) is 0. The number of allylic oxidation sites excluding steroid dienone is 1. The molecule has 0 spiro atoms. The molecule has 0 aromatic carbocycles. The van der Waals surface area contributed by atoms with Crippen molar-refractivity contribution in [2.24, 2.45) is 16.7 Å². The number of aliphatic hydroxyl groups is 4. The van der Waals surface area contributed by atoms with Gasteiger partial charge >= 0.3 is 11.9 Å². The van der Waals surface area contributed by atoms with E-state index in [1.807, 2.05) is 0 Å². The lowest BCUT2D eigenvalue weighted by Gasteiger charge is -2.66. The Morgan fingerprint density at radius 1 is 1.09 bits per heavy atom. The van der Waals surface area contributed by atoms with Crippen molar-refractivity contribution in [2.75, 3.05) is 6.61 Å². The Morgan fingerprint density at radius 2 is 1.72 bits per heavy atom. The van der Waals surface area contributed by atoms with Crippen LogP contribution in [0.15, 0.2) is 22.8 Å². The number of hydrogen-bond donors (Lipinski definition) is 5. The lowest BCUT2D eigenvalue weighted by Crippen LogP contribution is -2.78. The largest absolute Gasteiger partial charge is 0.459 e. The number of ketones is 1. The lowest BCUT2D eigenvalue weighted by molar-refractivity contribution is -0.331. The van der Waals surface area contributed by atoms with Crippen LogP contribution in [0.1, 0.15) is 74.7 Å². The van der Waals surface area contributed by atoms with Gasteiger partial charge in [0.05, 0.1) is 18.8 Å². The average Bonchev–Trinajstić information content (AvgIpc) is 2.87. The molecule has 0 unspecified atom stereocenters. The molecule has 43 heavy (non-hydrogen) atoms. The van der Waals surface area contributed by atoms with Gasteiger partial charge in [0.2, 0.25) is 5.91 Å². The van der Waals surface area contributed by atoms with Crippen molar-refractivity contribution < 1.29 is 53.8 Å². The van der Waals surface area contributed by atoms with Crippen LogP contribution in [-0.4, -0.2) is 98.4 Å². The van der Waals surface area contributed by atoms with Crippen LogP contribution in [0.5, 0.6) is 0 Å². The Hall–Kier alpha value is -2.64. The SMILES string of the molecule is CC(=O)N[C@@H](C=C(C)C)[C@@H](O)C(=O)O[C@H]1C[C@@]2(O)[C@@H](OC(C)=O)[C@@H]3[C@]4(O)CO[C@@H]4CC[C@@]3(C)C(=O)[C@H](O)C(=C1C)C2(C)C. The highest BCUT2D eigenvalue weighted by Gasteiger charge is 2.74. The molecule has 3 aliphatic carbocycles. The summed E-state index contributed by atoms with van der Waals surface area (Å²) in [6.45, 7) is 12.1. The second-order valence-electron chi connectivity index (χ2n) is 13.7. The van der Waals surface area contributed by atoms with Gasteiger partial charge in [-0.15, -0.1) is 0 Å². The summed E-state index contributed by atoms with van der Waals surface area (Å²) in [5.41, 5.74) is -5.39. The van der Waals surface area contributed by atoms with Crippen LogP contribution in [0.3, 0.4) is 0 Å². The zero-order chi connectivity index (χ0) is 32.4. The minimum absolute atomic E-state index is 0.108. The van der Waals surface area contributed by atoms with Crippen molar-refractivity contribution in [1.82, 2.24) is 5.32 Å². The van der Waals surface area contributed by atoms with Gasteiger partial charge in [-0.2, -0.15) is 0 Å². The summed E-state index contributed by atoms with van der Waals surface area (Å²) in [6, 6.07) is -1.11. The van der Waals surface area contributed by atoms with Crippen LogP contribution in [0.25, 0.3) is 0 Å². The molecule has 3 fully saturated rings. The van der Waals surface area contributed by atoms with E-state index in [2.05, 4.69) is 5.32 Å². The number of amides is 1. The molecule has 1 saturated heterocycles. The third kappa shape index (κ3) is 5.14. The first-order valence-electron chi connectivity index (χ1n) is 14.7. The highest BCUT2D eigenvalue weighted by molar-refractivity contribution is 5.93. The van der Waals surface area contributed by atoms with Crippen LogP contribution < -0.4 is 5.32 Å². The van der Waals surface area contributed by atoms with E-state index >= 15 is 0 Å². The lowest BCUT2D eigenvalue weighted by atomic mass is 9.45. The van der Waals surface area contributed by atoms with Gasteiger partial charge in [-0.3, -0.25) is 14.4 Å². The predicted octanol–water partition coefficient (Wildman–Crippen LogP) is 0.629. The first-order valence-corrected chi connectivity index (χ1v) is 14.7. The summed E-state index contributed by atoms with van der Waals surface area (Å²) < 4.78 is 17.2. The quantitative estimate of drug-likeness (QED) is 0.210. The van der Waals surface area contributed by atoms with Crippen LogP contribution >= 0.6 is 0 Å². The molecule has 0 aromatic rings. The standard InChI is InChI=1S/C31H45NO11/c1-14(2)11-18(32-16(4)33)22(35)27(38)43-19-12-31(40)26(42-17(5)34)24-29(8,10-9-20-30(24,39)13-41-20)25(37)23(36)21(15(19)3)28(31,6)7/h11,18-20,22-24,26,35-36,39-40H,9-10,12-13H2,1-8H3,(H,32,33)/t18-,19-,20+,22+,23+,24-,26-,29+,30-,31+/m0/s1. The average molecular weight is 608 g/mol. The molecule has 1 aliphatic heterocycles. The first kappa shape index (κ1) is 33.3. The van der Waals surface area contributed by atoms with Gasteiger partial charge in [-0.1, -0.05) is 32.4 Å². The van der Waals surface area contributed by atoms with Gasteiger partial charge in [0.15, 0.2) is 11.9 Å². The number of ether oxygens (including phenoxy) is 3. The van der Waals surface area contributed by atoms with E-state index in [4.69, 9.17) is 14.2 Å². The van der Waals surface area contributed by atoms with Crippen molar-refractivity contribution in [2.45, 2.75) is 122 Å². The highest BCUT2D eigenvalue weighted by atomic mass is 16.6. The van der Waals surface area contributed by atoms with E-state index in [1.165, 1.54) is 13.0 Å². The fourth-order valence-corrected chi connectivity index (χ4v) is 7.98. The molecular formula is C31H45NO11. The van der Waals surface area contributed by atoms with Gasteiger partial charge in [-0.25, -0.2) is 4.79 Å². The Bertz CT molecular complexity index is 1270. The molecule has 0 radical (unpaired) electrons. The molecule has 4 rings (SSSR count). The van der Waals surface area contributed by atoms with Gasteiger partial charge in [0.25, 0.3) is 0 Å².